The first kappa shape index (κ1) is 14.0. The van der Waals surface area contributed by atoms with Crippen molar-refractivity contribution in [2.24, 2.45) is 5.84 Å². The number of ether oxygens (including phenoxy) is 1. The predicted molar refractivity (Wildman–Crippen MR) is 74.9 cm³/mol. The molecule has 1 aliphatic heterocycles. The Bertz CT molecular complexity index is 394. The normalized spacial score (nSPS) is 16.3. The number of hydrogen-bond donors (Lipinski definition) is 3. The van der Waals surface area contributed by atoms with Crippen LogP contribution in [0.25, 0.3) is 0 Å². The van der Waals surface area contributed by atoms with Gasteiger partial charge >= 0.3 is 0 Å². The lowest BCUT2D eigenvalue weighted by molar-refractivity contribution is 0.0378. The summed E-state index contributed by atoms with van der Waals surface area (Å²) in [6.07, 6.45) is 1.08. The van der Waals surface area contributed by atoms with Crippen molar-refractivity contribution in [3.8, 4) is 0 Å². The van der Waals surface area contributed by atoms with E-state index in [1.54, 1.807) is 0 Å². The van der Waals surface area contributed by atoms with E-state index in [9.17, 15) is 0 Å². The molecule has 1 aromatic rings. The SMILES string of the molecule is Cc1nc(NN)cc(NCCCN2CCOCC2)n1. The lowest BCUT2D eigenvalue weighted by Gasteiger charge is -2.26. The van der Waals surface area contributed by atoms with Gasteiger partial charge in [-0.05, 0) is 19.9 Å². The lowest BCUT2D eigenvalue weighted by Crippen LogP contribution is -2.37. The van der Waals surface area contributed by atoms with E-state index in [0.717, 1.165) is 51.6 Å². The van der Waals surface area contributed by atoms with Gasteiger partial charge in [-0.2, -0.15) is 0 Å². The van der Waals surface area contributed by atoms with Gasteiger partial charge in [-0.1, -0.05) is 0 Å². The fourth-order valence-electron chi connectivity index (χ4n) is 2.08. The first-order valence-electron chi connectivity index (χ1n) is 6.64. The summed E-state index contributed by atoms with van der Waals surface area (Å²) in [6.45, 7) is 7.59. The van der Waals surface area contributed by atoms with Gasteiger partial charge in [0.1, 0.15) is 17.5 Å². The van der Waals surface area contributed by atoms with E-state index in [4.69, 9.17) is 10.6 Å². The Morgan fingerprint density at radius 3 is 2.79 bits per heavy atom. The van der Waals surface area contributed by atoms with Gasteiger partial charge in [-0.25, -0.2) is 15.8 Å². The summed E-state index contributed by atoms with van der Waals surface area (Å²) in [5.41, 5.74) is 2.54. The molecule has 0 atom stereocenters. The Hall–Kier alpha value is -1.44. The second-order valence-corrected chi connectivity index (χ2v) is 4.56. The number of morpholine rings is 1. The Morgan fingerprint density at radius 1 is 1.32 bits per heavy atom. The van der Waals surface area contributed by atoms with E-state index >= 15 is 0 Å². The van der Waals surface area contributed by atoms with Crippen molar-refractivity contribution in [3.63, 3.8) is 0 Å². The van der Waals surface area contributed by atoms with Crippen LogP contribution in [0.15, 0.2) is 6.07 Å². The molecule has 0 radical (unpaired) electrons. The number of nitrogen functional groups attached to an aromatic ring is 1. The monoisotopic (exact) mass is 266 g/mol. The average Bonchev–Trinajstić information content (AvgIpc) is 2.44. The molecule has 1 aliphatic rings. The summed E-state index contributed by atoms with van der Waals surface area (Å²) in [7, 11) is 0. The molecule has 2 heterocycles. The Kier molecular flexibility index (Phi) is 5.31. The van der Waals surface area contributed by atoms with E-state index in [1.807, 2.05) is 13.0 Å². The van der Waals surface area contributed by atoms with Crippen LogP contribution in [-0.2, 0) is 4.74 Å². The van der Waals surface area contributed by atoms with Crippen LogP contribution in [0.2, 0.25) is 0 Å². The van der Waals surface area contributed by atoms with Crippen LogP contribution in [0.1, 0.15) is 12.2 Å². The molecule has 106 valence electrons. The Morgan fingerprint density at radius 2 is 2.05 bits per heavy atom. The van der Waals surface area contributed by atoms with Crippen LogP contribution in [0.3, 0.4) is 0 Å². The maximum atomic E-state index is 5.35. The predicted octanol–water partition coefficient (Wildman–Crippen LogP) is 0.205. The standard InChI is InChI=1S/C12H22N6O/c1-10-15-11(9-12(16-10)17-13)14-3-2-4-18-5-7-19-8-6-18/h9H,2-8,13H2,1H3,(H2,14,15,16,17). The number of rotatable bonds is 6. The quantitative estimate of drug-likeness (QED) is 0.385. The highest BCUT2D eigenvalue weighted by molar-refractivity contribution is 5.46. The molecule has 19 heavy (non-hydrogen) atoms. The molecule has 0 spiro atoms. The van der Waals surface area contributed by atoms with Gasteiger partial charge in [0.25, 0.3) is 0 Å². The van der Waals surface area contributed by atoms with Gasteiger partial charge in [-0.15, -0.1) is 0 Å². The van der Waals surface area contributed by atoms with Gasteiger partial charge < -0.3 is 15.5 Å². The van der Waals surface area contributed by atoms with Crippen LogP contribution in [0, 0.1) is 6.92 Å². The summed E-state index contributed by atoms with van der Waals surface area (Å²) in [5, 5.41) is 3.30. The first-order chi connectivity index (χ1) is 9.28. The first-order valence-corrected chi connectivity index (χ1v) is 6.64. The molecule has 1 saturated heterocycles. The highest BCUT2D eigenvalue weighted by Gasteiger charge is 2.09. The minimum absolute atomic E-state index is 0.628. The number of hydrogen-bond acceptors (Lipinski definition) is 7. The molecule has 0 aromatic carbocycles. The molecule has 2 rings (SSSR count). The van der Waals surface area contributed by atoms with Crippen molar-refractivity contribution in [1.29, 1.82) is 0 Å². The summed E-state index contributed by atoms with van der Waals surface area (Å²) in [6, 6.07) is 1.81. The van der Waals surface area contributed by atoms with E-state index < -0.39 is 0 Å². The van der Waals surface area contributed by atoms with E-state index in [0.29, 0.717) is 11.6 Å². The van der Waals surface area contributed by atoms with Crippen molar-refractivity contribution < 1.29 is 4.74 Å². The van der Waals surface area contributed by atoms with Gasteiger partial charge in [-0.3, -0.25) is 4.90 Å². The van der Waals surface area contributed by atoms with Gasteiger partial charge in [0.2, 0.25) is 0 Å². The van der Waals surface area contributed by atoms with Crippen LogP contribution in [0.4, 0.5) is 11.6 Å². The van der Waals surface area contributed by atoms with Crippen molar-refractivity contribution in [3.05, 3.63) is 11.9 Å². The number of aryl methyl sites for hydroxylation is 1. The molecule has 7 nitrogen and oxygen atoms in total. The molecule has 0 bridgehead atoms. The van der Waals surface area contributed by atoms with Gasteiger partial charge in [0.15, 0.2) is 0 Å². The highest BCUT2D eigenvalue weighted by Crippen LogP contribution is 2.09. The molecule has 0 aliphatic carbocycles. The zero-order chi connectivity index (χ0) is 13.5. The number of aromatic nitrogens is 2. The molecular formula is C12H22N6O. The molecule has 1 fully saturated rings. The molecule has 4 N–H and O–H groups in total. The molecular weight excluding hydrogens is 244 g/mol. The van der Waals surface area contributed by atoms with Crippen molar-refractivity contribution >= 4 is 11.6 Å². The molecule has 0 saturated carbocycles. The highest BCUT2D eigenvalue weighted by atomic mass is 16.5. The minimum atomic E-state index is 0.628. The fourth-order valence-corrected chi connectivity index (χ4v) is 2.08. The Balaban J connectivity index is 1.71. The third-order valence-corrected chi connectivity index (χ3v) is 3.05. The van der Waals surface area contributed by atoms with Gasteiger partial charge in [0, 0.05) is 25.7 Å². The average molecular weight is 266 g/mol. The number of nitrogens with zero attached hydrogens (tertiary/aromatic N) is 3. The summed E-state index contributed by atoms with van der Waals surface area (Å²) >= 11 is 0. The Labute approximate surface area is 113 Å². The van der Waals surface area contributed by atoms with E-state index in [-0.39, 0.29) is 0 Å². The smallest absolute Gasteiger partial charge is 0.145 e. The third-order valence-electron chi connectivity index (χ3n) is 3.05. The van der Waals surface area contributed by atoms with Gasteiger partial charge in [0.05, 0.1) is 13.2 Å². The lowest BCUT2D eigenvalue weighted by atomic mass is 10.3. The number of hydrazine groups is 1. The zero-order valence-electron chi connectivity index (χ0n) is 11.4. The second-order valence-electron chi connectivity index (χ2n) is 4.56. The maximum absolute atomic E-state index is 5.35. The van der Waals surface area contributed by atoms with Crippen molar-refractivity contribution in [2.75, 3.05) is 50.1 Å². The zero-order valence-corrected chi connectivity index (χ0v) is 11.4. The van der Waals surface area contributed by atoms with Crippen LogP contribution in [0.5, 0.6) is 0 Å². The van der Waals surface area contributed by atoms with Crippen LogP contribution >= 0.6 is 0 Å². The number of nitrogens with one attached hydrogen (secondary N) is 2. The third kappa shape index (κ3) is 4.62. The fraction of sp³-hybridized carbons (Fsp3) is 0.667. The second kappa shape index (κ2) is 7.22. The number of nitrogens with two attached hydrogens (primary N) is 1. The summed E-state index contributed by atoms with van der Waals surface area (Å²) in [5.74, 6) is 7.49. The molecule has 7 heteroatoms. The van der Waals surface area contributed by atoms with E-state index in [2.05, 4.69) is 25.6 Å². The van der Waals surface area contributed by atoms with Crippen LogP contribution < -0.4 is 16.6 Å². The van der Waals surface area contributed by atoms with E-state index in [1.165, 1.54) is 0 Å². The minimum Gasteiger partial charge on any atom is -0.379 e. The van der Waals surface area contributed by atoms with Crippen molar-refractivity contribution in [1.82, 2.24) is 14.9 Å². The maximum Gasteiger partial charge on any atom is 0.145 e. The summed E-state index contributed by atoms with van der Waals surface area (Å²) < 4.78 is 5.32. The molecule has 0 unspecified atom stereocenters. The van der Waals surface area contributed by atoms with Crippen LogP contribution in [-0.4, -0.2) is 54.3 Å². The summed E-state index contributed by atoms with van der Waals surface area (Å²) in [4.78, 5) is 10.9. The molecule has 1 aromatic heterocycles. The topological polar surface area (TPSA) is 88.3 Å². The van der Waals surface area contributed by atoms with Crippen molar-refractivity contribution in [2.45, 2.75) is 13.3 Å². The number of anilines is 2. The molecule has 0 amide bonds. The largest absolute Gasteiger partial charge is 0.379 e.